The molecular weight excluding hydrogens is 1190 g/mol. The standard InChI is InChI=1S/C55H84Cl6NO15PSi/c1-8-10-12-14-16-17-19-20-24-34-43(71-45(63)35-29-21-18-15-13-11-9-2)38-46(64)73-49-47(62-51(65)70-40-54(56,57)58)50(68-36-37-79(5,6)7)72-44(39-69-52(66)74-53(3,4)55(59,60)61)48(49)77-78(67,75-41-30-25-22-26-31-41)76-42-32-27-23-28-33-42/h22-23,25-28,30-33,43-44,47-50H,8-21,24,29,34-40H2,1-7H3,(H,62,65)/t43-,44-,47-,48-,49-,50-/m1/s1. The molecule has 16 nitrogen and oxygen atoms in total. The highest BCUT2D eigenvalue weighted by molar-refractivity contribution is 7.49. The van der Waals surface area contributed by atoms with E-state index in [1.165, 1.54) is 51.0 Å². The van der Waals surface area contributed by atoms with Crippen LogP contribution in [0.5, 0.6) is 11.5 Å². The molecule has 79 heavy (non-hydrogen) atoms. The quantitative estimate of drug-likeness (QED) is 0.0168. The van der Waals surface area contributed by atoms with E-state index in [1.807, 2.05) is 0 Å². The van der Waals surface area contributed by atoms with Gasteiger partial charge < -0.3 is 47.5 Å². The lowest BCUT2D eigenvalue weighted by molar-refractivity contribution is -0.269. The SMILES string of the molecule is CCCCCCCCCCC[C@H](CC(=O)O[C@@H]1[C@@H](NC(=O)OCC(Cl)(Cl)Cl)[C@H](OCC[Si](C)(C)C)O[C@H](COC(=O)OC(C)(C)C(Cl)(Cl)Cl)[C@H]1OP(=O)(Oc1ccccc1)Oc1ccccc1)OC(=O)CCCCCCCCC. The van der Waals surface area contributed by atoms with Gasteiger partial charge in [0, 0.05) is 21.1 Å². The molecule has 1 fully saturated rings. The molecule has 0 unspecified atom stereocenters. The van der Waals surface area contributed by atoms with Crippen LogP contribution in [0.15, 0.2) is 60.7 Å². The van der Waals surface area contributed by atoms with Gasteiger partial charge in [-0.15, -0.1) is 0 Å². The number of para-hydroxylation sites is 2. The predicted octanol–water partition coefficient (Wildman–Crippen LogP) is 16.8. The fourth-order valence-corrected chi connectivity index (χ4v) is 10.5. The van der Waals surface area contributed by atoms with Gasteiger partial charge in [0.15, 0.2) is 18.0 Å². The van der Waals surface area contributed by atoms with Crippen molar-refractivity contribution in [1.82, 2.24) is 5.32 Å². The highest BCUT2D eigenvalue weighted by Crippen LogP contribution is 2.53. The first-order valence-electron chi connectivity index (χ1n) is 27.6. The predicted molar refractivity (Wildman–Crippen MR) is 314 cm³/mol. The number of hydrogen-bond acceptors (Lipinski definition) is 15. The van der Waals surface area contributed by atoms with Gasteiger partial charge in [-0.05, 0) is 63.4 Å². The zero-order valence-corrected chi connectivity index (χ0v) is 53.3. The number of amides is 1. The Labute approximate surface area is 499 Å². The summed E-state index contributed by atoms with van der Waals surface area (Å²) in [5.74, 6) is -1.32. The number of hydrogen-bond donors (Lipinski definition) is 1. The molecule has 0 saturated carbocycles. The fourth-order valence-electron chi connectivity index (χ4n) is 8.03. The average Bonchev–Trinajstić information content (AvgIpc) is 3.42. The van der Waals surface area contributed by atoms with Crippen molar-refractivity contribution in [2.75, 3.05) is 19.8 Å². The summed E-state index contributed by atoms with van der Waals surface area (Å²) in [6.07, 6.45) is 6.09. The smallest absolute Gasteiger partial charge is 0.462 e. The summed E-state index contributed by atoms with van der Waals surface area (Å²) in [6, 6.07) is 14.9. The van der Waals surface area contributed by atoms with Crippen LogP contribution in [-0.2, 0) is 51.8 Å². The Balaban J connectivity index is 2.18. The van der Waals surface area contributed by atoms with E-state index in [9.17, 15) is 19.2 Å². The van der Waals surface area contributed by atoms with Crippen molar-refractivity contribution in [2.45, 2.75) is 225 Å². The van der Waals surface area contributed by atoms with Crippen LogP contribution in [0.1, 0.15) is 150 Å². The molecule has 6 atom stereocenters. The first-order chi connectivity index (χ1) is 37.2. The number of carbonyl (C=O) groups excluding carboxylic acids is 4. The van der Waals surface area contributed by atoms with Gasteiger partial charge in [-0.2, -0.15) is 0 Å². The number of phosphoric ester groups is 1. The van der Waals surface area contributed by atoms with Gasteiger partial charge in [-0.1, -0.05) is 229 Å². The lowest BCUT2D eigenvalue weighted by Gasteiger charge is -2.45. The number of halogens is 6. The number of rotatable bonds is 37. The van der Waals surface area contributed by atoms with Crippen molar-refractivity contribution in [2.24, 2.45) is 0 Å². The molecule has 1 amide bonds. The summed E-state index contributed by atoms with van der Waals surface area (Å²) >= 11 is 36.3. The minimum Gasteiger partial charge on any atom is -0.462 e. The molecule has 1 saturated heterocycles. The number of alkyl carbamates (subject to hydrolysis) is 1. The number of nitrogens with one attached hydrogen (secondary N) is 1. The van der Waals surface area contributed by atoms with Crippen molar-refractivity contribution >= 4 is 110 Å². The monoisotopic (exact) mass is 1270 g/mol. The normalized spacial score (nSPS) is 18.5. The van der Waals surface area contributed by atoms with Gasteiger partial charge in [-0.25, -0.2) is 14.2 Å². The van der Waals surface area contributed by atoms with Gasteiger partial charge in [0.1, 0.15) is 49.1 Å². The van der Waals surface area contributed by atoms with Crippen LogP contribution in [0.4, 0.5) is 9.59 Å². The Morgan fingerprint density at radius 3 is 1.72 bits per heavy atom. The lowest BCUT2D eigenvalue weighted by Crippen LogP contribution is -2.66. The van der Waals surface area contributed by atoms with E-state index < -0.39 is 110 Å². The third-order valence-electron chi connectivity index (χ3n) is 12.6. The van der Waals surface area contributed by atoms with Gasteiger partial charge in [0.2, 0.25) is 7.59 Å². The maximum Gasteiger partial charge on any atom is 0.588 e. The van der Waals surface area contributed by atoms with Crippen LogP contribution in [0, 0.1) is 0 Å². The molecule has 0 aromatic heterocycles. The van der Waals surface area contributed by atoms with Crippen LogP contribution >= 0.6 is 77.4 Å². The average molecular weight is 1270 g/mol. The maximum atomic E-state index is 15.4. The van der Waals surface area contributed by atoms with Crippen molar-refractivity contribution in [3.63, 3.8) is 0 Å². The summed E-state index contributed by atoms with van der Waals surface area (Å²) in [6.45, 7) is 11.9. The number of unbranched alkanes of at least 4 members (excludes halogenated alkanes) is 14. The lowest BCUT2D eigenvalue weighted by atomic mass is 9.96. The third-order valence-corrected chi connectivity index (χ3v) is 17.3. The molecule has 2 aromatic carbocycles. The third kappa shape index (κ3) is 30.1. The molecule has 0 aliphatic carbocycles. The molecule has 1 heterocycles. The Bertz CT molecular complexity index is 2070. The van der Waals surface area contributed by atoms with Gasteiger partial charge in [0.05, 0.1) is 6.42 Å². The minimum absolute atomic E-state index is 0.0347. The van der Waals surface area contributed by atoms with Crippen LogP contribution in [-0.4, -0.2) is 102 Å². The summed E-state index contributed by atoms with van der Waals surface area (Å²) in [5.41, 5.74) is -1.73. The van der Waals surface area contributed by atoms with E-state index in [0.717, 1.165) is 77.0 Å². The maximum absolute atomic E-state index is 15.4. The Morgan fingerprint density at radius 2 is 1.22 bits per heavy atom. The zero-order valence-electron chi connectivity index (χ0n) is 46.8. The van der Waals surface area contributed by atoms with Gasteiger partial charge >= 0.3 is 32.0 Å². The largest absolute Gasteiger partial charge is 0.588 e. The second-order valence-corrected chi connectivity index (χ2v) is 33.2. The first kappa shape index (κ1) is 70.9. The minimum atomic E-state index is -5.01. The summed E-state index contributed by atoms with van der Waals surface area (Å²) in [4.78, 5) is 55.6. The molecule has 0 bridgehead atoms. The van der Waals surface area contributed by atoms with Crippen molar-refractivity contribution in [1.29, 1.82) is 0 Å². The fraction of sp³-hybridized carbons (Fsp3) is 0.709. The Hall–Kier alpha value is -2.41. The molecule has 1 aliphatic rings. The number of ether oxygens (including phenoxy) is 7. The molecule has 1 N–H and O–H groups in total. The number of carbonyl (C=O) groups is 4. The van der Waals surface area contributed by atoms with E-state index in [0.29, 0.717) is 25.3 Å². The van der Waals surface area contributed by atoms with Crippen LogP contribution in [0.2, 0.25) is 25.7 Å². The Morgan fingerprint density at radius 1 is 0.696 bits per heavy atom. The summed E-state index contributed by atoms with van der Waals surface area (Å²) in [7, 11) is -6.84. The first-order valence-corrected chi connectivity index (χ1v) is 35.0. The number of phosphoric acid groups is 1. The summed E-state index contributed by atoms with van der Waals surface area (Å²) in [5, 5.41) is 2.63. The van der Waals surface area contributed by atoms with Crippen molar-refractivity contribution in [3.05, 3.63) is 60.7 Å². The highest BCUT2D eigenvalue weighted by atomic mass is 35.6. The van der Waals surface area contributed by atoms with Crippen molar-refractivity contribution in [3.8, 4) is 11.5 Å². The van der Waals surface area contributed by atoms with E-state index in [4.69, 9.17) is 116 Å². The number of alkyl halides is 6. The molecule has 0 radical (unpaired) electrons. The molecule has 0 spiro atoms. The Kier molecular flexibility index (Phi) is 32.6. The van der Waals surface area contributed by atoms with Crippen LogP contribution in [0.3, 0.4) is 0 Å². The van der Waals surface area contributed by atoms with E-state index in [2.05, 4.69) is 38.8 Å². The topological polar surface area (TPSA) is 190 Å². The highest BCUT2D eigenvalue weighted by Gasteiger charge is 2.55. The molecular formula is C55H84Cl6NO15PSi. The molecule has 450 valence electrons. The van der Waals surface area contributed by atoms with Gasteiger partial charge in [0.25, 0.3) is 0 Å². The number of esters is 2. The van der Waals surface area contributed by atoms with E-state index >= 15 is 4.57 Å². The molecule has 1 aliphatic heterocycles. The molecule has 24 heteroatoms. The molecule has 3 rings (SSSR count). The van der Waals surface area contributed by atoms with Crippen LogP contribution in [0.25, 0.3) is 0 Å². The zero-order chi connectivity index (χ0) is 58.5. The van der Waals surface area contributed by atoms with E-state index in [-0.39, 0.29) is 24.5 Å². The van der Waals surface area contributed by atoms with Crippen LogP contribution < -0.4 is 14.4 Å². The summed E-state index contributed by atoms with van der Waals surface area (Å²) < 4.78 is 71.4. The van der Waals surface area contributed by atoms with Gasteiger partial charge in [-0.3, -0.25) is 14.1 Å². The second kappa shape index (κ2) is 36.3. The molecule has 2 aromatic rings. The van der Waals surface area contributed by atoms with E-state index in [1.54, 1.807) is 36.4 Å². The number of benzene rings is 2. The van der Waals surface area contributed by atoms with Crippen molar-refractivity contribution < 1.29 is 70.5 Å². The second-order valence-electron chi connectivity index (χ2n) is 21.3.